The van der Waals surface area contributed by atoms with E-state index in [0.29, 0.717) is 24.4 Å². The van der Waals surface area contributed by atoms with Gasteiger partial charge in [-0.05, 0) is 37.0 Å². The van der Waals surface area contributed by atoms with Gasteiger partial charge in [0.1, 0.15) is 0 Å². The maximum Gasteiger partial charge on any atom is 0.241 e. The van der Waals surface area contributed by atoms with E-state index in [2.05, 4.69) is 5.32 Å². The minimum absolute atomic E-state index is 0.134. The summed E-state index contributed by atoms with van der Waals surface area (Å²) < 4.78 is 0. The molecule has 1 atom stereocenters. The Kier molecular flexibility index (Phi) is 4.96. The van der Waals surface area contributed by atoms with Crippen LogP contribution >= 0.6 is 0 Å². The first kappa shape index (κ1) is 15.5. The molecule has 5 heteroatoms. The summed E-state index contributed by atoms with van der Waals surface area (Å²) in [6.45, 7) is 4.81. The van der Waals surface area contributed by atoms with E-state index in [0.717, 1.165) is 18.7 Å². The molecular weight excluding hydrogens is 266 g/mol. The van der Waals surface area contributed by atoms with Crippen molar-refractivity contribution in [3.8, 4) is 0 Å². The largest absolute Gasteiger partial charge is 0.325 e. The number of anilines is 2. The Hall–Kier alpha value is -1.88. The quantitative estimate of drug-likeness (QED) is 0.872. The van der Waals surface area contributed by atoms with Gasteiger partial charge in [0.25, 0.3) is 0 Å². The van der Waals surface area contributed by atoms with Crippen LogP contribution in [0.3, 0.4) is 0 Å². The van der Waals surface area contributed by atoms with E-state index in [-0.39, 0.29) is 11.8 Å². The van der Waals surface area contributed by atoms with Gasteiger partial charge < -0.3 is 16.0 Å². The molecule has 2 rings (SSSR count). The second kappa shape index (κ2) is 6.72. The lowest BCUT2D eigenvalue weighted by atomic mass is 10.0. The first-order valence-electron chi connectivity index (χ1n) is 7.44. The predicted octanol–water partition coefficient (Wildman–Crippen LogP) is 2.13. The molecule has 0 bridgehead atoms. The zero-order valence-corrected chi connectivity index (χ0v) is 12.6. The summed E-state index contributed by atoms with van der Waals surface area (Å²) in [5, 5.41) is 2.82. The molecule has 1 aromatic carbocycles. The van der Waals surface area contributed by atoms with Crippen LogP contribution in [0.25, 0.3) is 0 Å². The highest BCUT2D eigenvalue weighted by Crippen LogP contribution is 2.24. The van der Waals surface area contributed by atoms with Crippen molar-refractivity contribution >= 4 is 23.2 Å². The summed E-state index contributed by atoms with van der Waals surface area (Å²) >= 11 is 0. The van der Waals surface area contributed by atoms with Crippen LogP contribution in [-0.4, -0.2) is 24.4 Å². The fourth-order valence-electron chi connectivity index (χ4n) is 2.52. The molecule has 21 heavy (non-hydrogen) atoms. The maximum absolute atomic E-state index is 12.0. The summed E-state index contributed by atoms with van der Waals surface area (Å²) in [7, 11) is 0. The van der Waals surface area contributed by atoms with E-state index in [1.165, 1.54) is 0 Å². The summed E-state index contributed by atoms with van der Waals surface area (Å²) in [6.07, 6.45) is 2.13. The number of carbonyl (C=O) groups is 2. The van der Waals surface area contributed by atoms with Gasteiger partial charge in [0.2, 0.25) is 11.8 Å². The van der Waals surface area contributed by atoms with Crippen LogP contribution in [0.15, 0.2) is 24.3 Å². The van der Waals surface area contributed by atoms with Crippen LogP contribution in [0.2, 0.25) is 0 Å². The van der Waals surface area contributed by atoms with Gasteiger partial charge in [0, 0.05) is 24.3 Å². The standard InChI is InChI=1S/C16H23N3O2/c1-11(2)9-14(17)16(21)18-12-5-3-6-13(10-12)19-8-4-7-15(19)20/h3,5-6,10-11,14H,4,7-9,17H2,1-2H3,(H,18,21). The third-order valence-corrected chi connectivity index (χ3v) is 3.56. The number of nitrogens with zero attached hydrogens (tertiary/aromatic N) is 1. The summed E-state index contributed by atoms with van der Waals surface area (Å²) in [5.41, 5.74) is 7.38. The molecule has 1 aliphatic rings. The number of nitrogens with one attached hydrogen (secondary N) is 1. The number of hydrogen-bond acceptors (Lipinski definition) is 3. The van der Waals surface area contributed by atoms with Gasteiger partial charge in [-0.2, -0.15) is 0 Å². The van der Waals surface area contributed by atoms with Crippen molar-refractivity contribution in [3.63, 3.8) is 0 Å². The molecule has 0 aromatic heterocycles. The van der Waals surface area contributed by atoms with Gasteiger partial charge >= 0.3 is 0 Å². The van der Waals surface area contributed by atoms with Crippen molar-refractivity contribution in [3.05, 3.63) is 24.3 Å². The van der Waals surface area contributed by atoms with Crippen molar-refractivity contribution in [2.75, 3.05) is 16.8 Å². The SMILES string of the molecule is CC(C)CC(N)C(=O)Nc1cccc(N2CCCC2=O)c1. The minimum Gasteiger partial charge on any atom is -0.325 e. The topological polar surface area (TPSA) is 75.4 Å². The Morgan fingerprint density at radius 3 is 2.81 bits per heavy atom. The lowest BCUT2D eigenvalue weighted by Gasteiger charge is -2.18. The van der Waals surface area contributed by atoms with Crippen molar-refractivity contribution in [2.24, 2.45) is 11.7 Å². The third-order valence-electron chi connectivity index (χ3n) is 3.56. The number of rotatable bonds is 5. The monoisotopic (exact) mass is 289 g/mol. The van der Waals surface area contributed by atoms with E-state index >= 15 is 0 Å². The molecule has 0 saturated carbocycles. The predicted molar refractivity (Wildman–Crippen MR) is 84.1 cm³/mol. The normalized spacial score (nSPS) is 16.4. The van der Waals surface area contributed by atoms with Gasteiger partial charge in [-0.1, -0.05) is 19.9 Å². The smallest absolute Gasteiger partial charge is 0.241 e. The van der Waals surface area contributed by atoms with Gasteiger partial charge in [-0.3, -0.25) is 9.59 Å². The Balaban J connectivity index is 2.04. The highest BCUT2D eigenvalue weighted by Gasteiger charge is 2.22. The highest BCUT2D eigenvalue weighted by molar-refractivity contribution is 5.98. The number of hydrogen-bond donors (Lipinski definition) is 2. The summed E-state index contributed by atoms with van der Waals surface area (Å²) in [4.78, 5) is 25.5. The molecule has 2 amide bonds. The Labute approximate surface area is 125 Å². The van der Waals surface area contributed by atoms with Gasteiger partial charge in [0.15, 0.2) is 0 Å². The fraction of sp³-hybridized carbons (Fsp3) is 0.500. The minimum atomic E-state index is -0.512. The molecule has 0 radical (unpaired) electrons. The average Bonchev–Trinajstić information content (AvgIpc) is 2.84. The van der Waals surface area contributed by atoms with Crippen molar-refractivity contribution < 1.29 is 9.59 Å². The molecule has 1 heterocycles. The first-order chi connectivity index (χ1) is 9.97. The molecule has 1 aromatic rings. The van der Waals surface area contributed by atoms with Crippen molar-refractivity contribution in [1.82, 2.24) is 0 Å². The van der Waals surface area contributed by atoms with Crippen molar-refractivity contribution in [2.45, 2.75) is 39.2 Å². The Morgan fingerprint density at radius 1 is 1.43 bits per heavy atom. The summed E-state index contributed by atoms with van der Waals surface area (Å²) in [5.74, 6) is 0.322. The Bertz CT molecular complexity index is 528. The zero-order chi connectivity index (χ0) is 15.4. The van der Waals surface area contributed by atoms with Gasteiger partial charge in [0.05, 0.1) is 6.04 Å². The van der Waals surface area contributed by atoms with E-state index in [1.807, 2.05) is 38.1 Å². The number of benzene rings is 1. The van der Waals surface area contributed by atoms with E-state index in [1.54, 1.807) is 4.90 Å². The van der Waals surface area contributed by atoms with Crippen LogP contribution in [0.5, 0.6) is 0 Å². The lowest BCUT2D eigenvalue weighted by molar-refractivity contribution is -0.118. The van der Waals surface area contributed by atoms with Gasteiger partial charge in [-0.15, -0.1) is 0 Å². The Morgan fingerprint density at radius 2 is 2.19 bits per heavy atom. The fourth-order valence-corrected chi connectivity index (χ4v) is 2.52. The lowest BCUT2D eigenvalue weighted by Crippen LogP contribution is -2.36. The van der Waals surface area contributed by atoms with Crippen LogP contribution in [-0.2, 0) is 9.59 Å². The second-order valence-corrected chi connectivity index (χ2v) is 5.92. The highest BCUT2D eigenvalue weighted by atomic mass is 16.2. The molecule has 3 N–H and O–H groups in total. The summed E-state index contributed by atoms with van der Waals surface area (Å²) in [6, 6.07) is 6.84. The molecular formula is C16H23N3O2. The number of nitrogens with two attached hydrogens (primary N) is 1. The zero-order valence-electron chi connectivity index (χ0n) is 12.6. The van der Waals surface area contributed by atoms with Crippen LogP contribution in [0.1, 0.15) is 33.1 Å². The molecule has 1 aliphatic heterocycles. The second-order valence-electron chi connectivity index (χ2n) is 5.92. The first-order valence-corrected chi connectivity index (χ1v) is 7.44. The molecule has 1 fully saturated rings. The number of amides is 2. The average molecular weight is 289 g/mol. The molecule has 5 nitrogen and oxygen atoms in total. The van der Waals surface area contributed by atoms with Crippen LogP contribution in [0.4, 0.5) is 11.4 Å². The maximum atomic E-state index is 12.0. The van der Waals surface area contributed by atoms with Gasteiger partial charge in [-0.25, -0.2) is 0 Å². The van der Waals surface area contributed by atoms with Crippen LogP contribution < -0.4 is 16.0 Å². The molecule has 0 aliphatic carbocycles. The molecule has 0 spiro atoms. The van der Waals surface area contributed by atoms with E-state index in [4.69, 9.17) is 5.73 Å². The third kappa shape index (κ3) is 4.04. The van der Waals surface area contributed by atoms with E-state index < -0.39 is 6.04 Å². The van der Waals surface area contributed by atoms with Crippen LogP contribution in [0, 0.1) is 5.92 Å². The number of carbonyl (C=O) groups excluding carboxylic acids is 2. The molecule has 1 saturated heterocycles. The van der Waals surface area contributed by atoms with E-state index in [9.17, 15) is 9.59 Å². The molecule has 114 valence electrons. The van der Waals surface area contributed by atoms with Crippen molar-refractivity contribution in [1.29, 1.82) is 0 Å². The molecule has 1 unspecified atom stereocenters.